The summed E-state index contributed by atoms with van der Waals surface area (Å²) >= 11 is 0. The van der Waals surface area contributed by atoms with Gasteiger partial charge in [0.25, 0.3) is 0 Å². The number of Topliss-reactive ketones (excluding diaryl/α,β-unsaturated/α-hetero) is 2. The van der Waals surface area contributed by atoms with Crippen LogP contribution < -0.4 is 0 Å². The molecule has 0 saturated heterocycles. The first-order valence-corrected chi connectivity index (χ1v) is 6.54. The van der Waals surface area contributed by atoms with Crippen molar-refractivity contribution in [2.24, 2.45) is 17.8 Å². The summed E-state index contributed by atoms with van der Waals surface area (Å²) in [5.74, 6) is -0.578. The lowest BCUT2D eigenvalue weighted by molar-refractivity contribution is -0.136. The average molecular weight is 246 g/mol. The number of carbonyl (C=O) groups excluding carboxylic acids is 2. The molecule has 2 nitrogen and oxygen atoms in total. The van der Waals surface area contributed by atoms with Crippen molar-refractivity contribution in [1.82, 2.24) is 0 Å². The molecule has 98 valence electrons. The van der Waals surface area contributed by atoms with Gasteiger partial charge in [-0.1, -0.05) is 58.0 Å². The first-order valence-electron chi connectivity index (χ1n) is 6.54. The smallest absolute Gasteiger partial charge is 0.146 e. The molecule has 0 aliphatic carbocycles. The summed E-state index contributed by atoms with van der Waals surface area (Å²) < 4.78 is 0. The van der Waals surface area contributed by atoms with Crippen LogP contribution in [0.3, 0.4) is 0 Å². The fourth-order valence-corrected chi connectivity index (χ4v) is 2.00. The second-order valence-electron chi connectivity index (χ2n) is 5.36. The van der Waals surface area contributed by atoms with E-state index >= 15 is 0 Å². The van der Waals surface area contributed by atoms with Crippen molar-refractivity contribution in [3.8, 4) is 0 Å². The highest BCUT2D eigenvalue weighted by atomic mass is 16.2. The van der Waals surface area contributed by atoms with Gasteiger partial charge in [-0.15, -0.1) is 0 Å². The average Bonchev–Trinajstić information content (AvgIpc) is 2.35. The van der Waals surface area contributed by atoms with Crippen LogP contribution in [0.2, 0.25) is 0 Å². The van der Waals surface area contributed by atoms with Gasteiger partial charge in [-0.3, -0.25) is 9.59 Å². The third-order valence-corrected chi connectivity index (χ3v) is 3.11. The lowest BCUT2D eigenvalue weighted by Crippen LogP contribution is -2.32. The molecule has 1 aromatic rings. The lowest BCUT2D eigenvalue weighted by atomic mass is 9.83. The molecule has 1 rings (SSSR count). The maximum absolute atomic E-state index is 12.2. The van der Waals surface area contributed by atoms with Crippen molar-refractivity contribution >= 4 is 11.6 Å². The molecular formula is C16H22O2. The van der Waals surface area contributed by atoms with E-state index in [0.29, 0.717) is 6.42 Å². The summed E-state index contributed by atoms with van der Waals surface area (Å²) in [5, 5.41) is 0. The summed E-state index contributed by atoms with van der Waals surface area (Å²) in [6, 6.07) is 9.74. The quantitative estimate of drug-likeness (QED) is 0.722. The van der Waals surface area contributed by atoms with Crippen LogP contribution in [-0.4, -0.2) is 11.6 Å². The number of ketones is 2. The summed E-state index contributed by atoms with van der Waals surface area (Å²) in [7, 11) is 0. The summed E-state index contributed by atoms with van der Waals surface area (Å²) in [4.78, 5) is 24.3. The molecule has 18 heavy (non-hydrogen) atoms. The van der Waals surface area contributed by atoms with Crippen molar-refractivity contribution < 1.29 is 9.59 Å². The Morgan fingerprint density at radius 1 is 0.889 bits per heavy atom. The Kier molecular flexibility index (Phi) is 5.26. The molecule has 1 aromatic carbocycles. The SMILES string of the molecule is CC(C)C(=O)C(Cc1ccccc1)C(=O)C(C)C. The molecule has 0 atom stereocenters. The fourth-order valence-electron chi connectivity index (χ4n) is 2.00. The van der Waals surface area contributed by atoms with Crippen molar-refractivity contribution in [2.75, 3.05) is 0 Å². The van der Waals surface area contributed by atoms with E-state index in [9.17, 15) is 9.59 Å². The minimum Gasteiger partial charge on any atom is -0.299 e. The molecule has 0 radical (unpaired) electrons. The summed E-state index contributed by atoms with van der Waals surface area (Å²) in [6.07, 6.45) is 0.523. The van der Waals surface area contributed by atoms with E-state index in [-0.39, 0.29) is 23.4 Å². The Morgan fingerprint density at radius 2 is 1.33 bits per heavy atom. The highest BCUT2D eigenvalue weighted by Crippen LogP contribution is 2.18. The third-order valence-electron chi connectivity index (χ3n) is 3.11. The zero-order valence-electron chi connectivity index (χ0n) is 11.6. The molecule has 0 aliphatic rings. The van der Waals surface area contributed by atoms with Gasteiger partial charge in [-0.05, 0) is 12.0 Å². The Labute approximate surface area is 109 Å². The zero-order chi connectivity index (χ0) is 13.7. The minimum atomic E-state index is -0.493. The molecule has 0 saturated carbocycles. The zero-order valence-corrected chi connectivity index (χ0v) is 11.6. The maximum atomic E-state index is 12.2. The van der Waals surface area contributed by atoms with Crippen LogP contribution in [-0.2, 0) is 16.0 Å². The number of carbonyl (C=O) groups is 2. The van der Waals surface area contributed by atoms with E-state index in [1.165, 1.54) is 0 Å². The van der Waals surface area contributed by atoms with Crippen LogP contribution >= 0.6 is 0 Å². The van der Waals surface area contributed by atoms with Gasteiger partial charge in [0.2, 0.25) is 0 Å². The first kappa shape index (κ1) is 14.6. The Morgan fingerprint density at radius 3 is 1.72 bits per heavy atom. The molecule has 0 aromatic heterocycles. The highest BCUT2D eigenvalue weighted by Gasteiger charge is 2.29. The van der Waals surface area contributed by atoms with Gasteiger partial charge in [0.15, 0.2) is 0 Å². The van der Waals surface area contributed by atoms with E-state index in [4.69, 9.17) is 0 Å². The van der Waals surface area contributed by atoms with E-state index in [1.54, 1.807) is 0 Å². The summed E-state index contributed by atoms with van der Waals surface area (Å²) in [5.41, 5.74) is 1.05. The largest absolute Gasteiger partial charge is 0.299 e. The topological polar surface area (TPSA) is 34.1 Å². The van der Waals surface area contributed by atoms with E-state index < -0.39 is 5.92 Å². The van der Waals surface area contributed by atoms with Gasteiger partial charge in [0, 0.05) is 11.8 Å². The molecular weight excluding hydrogens is 224 g/mol. The van der Waals surface area contributed by atoms with Gasteiger partial charge in [-0.25, -0.2) is 0 Å². The second kappa shape index (κ2) is 6.48. The number of benzene rings is 1. The van der Waals surface area contributed by atoms with E-state index in [2.05, 4.69) is 0 Å². The minimum absolute atomic E-state index is 0.0533. The van der Waals surface area contributed by atoms with Crippen LogP contribution in [0.15, 0.2) is 30.3 Å². The second-order valence-corrected chi connectivity index (χ2v) is 5.36. The molecule has 0 N–H and O–H groups in total. The maximum Gasteiger partial charge on any atom is 0.146 e. The van der Waals surface area contributed by atoms with Crippen LogP contribution in [0.25, 0.3) is 0 Å². The fraction of sp³-hybridized carbons (Fsp3) is 0.500. The molecule has 0 amide bonds. The number of hydrogen-bond donors (Lipinski definition) is 0. The Balaban J connectivity index is 2.92. The predicted octanol–water partition coefficient (Wildman–Crippen LogP) is 3.30. The number of hydrogen-bond acceptors (Lipinski definition) is 2. The normalized spacial score (nSPS) is 11.3. The first-order chi connectivity index (χ1) is 8.43. The van der Waals surface area contributed by atoms with Crippen LogP contribution in [0.4, 0.5) is 0 Å². The van der Waals surface area contributed by atoms with Gasteiger partial charge in [-0.2, -0.15) is 0 Å². The lowest BCUT2D eigenvalue weighted by Gasteiger charge is -2.19. The number of rotatable bonds is 6. The Bertz CT molecular complexity index is 384. The van der Waals surface area contributed by atoms with Gasteiger partial charge >= 0.3 is 0 Å². The molecule has 0 fully saturated rings. The van der Waals surface area contributed by atoms with Crippen molar-refractivity contribution in [3.05, 3.63) is 35.9 Å². The molecule has 0 bridgehead atoms. The molecule has 0 unspecified atom stereocenters. The van der Waals surface area contributed by atoms with Crippen LogP contribution in [0.5, 0.6) is 0 Å². The molecule has 0 aliphatic heterocycles. The van der Waals surface area contributed by atoms with Crippen molar-refractivity contribution in [2.45, 2.75) is 34.1 Å². The molecule has 2 heteroatoms. The van der Waals surface area contributed by atoms with E-state index in [1.807, 2.05) is 58.0 Å². The molecule has 0 heterocycles. The van der Waals surface area contributed by atoms with Gasteiger partial charge in [0.05, 0.1) is 5.92 Å². The predicted molar refractivity (Wildman–Crippen MR) is 73.3 cm³/mol. The van der Waals surface area contributed by atoms with Crippen molar-refractivity contribution in [3.63, 3.8) is 0 Å². The van der Waals surface area contributed by atoms with Crippen LogP contribution in [0.1, 0.15) is 33.3 Å². The third kappa shape index (κ3) is 3.80. The molecule has 0 spiro atoms. The van der Waals surface area contributed by atoms with Crippen LogP contribution in [0, 0.1) is 17.8 Å². The van der Waals surface area contributed by atoms with Crippen molar-refractivity contribution in [1.29, 1.82) is 0 Å². The Hall–Kier alpha value is -1.44. The standard InChI is InChI=1S/C16H22O2/c1-11(2)15(17)14(16(18)12(3)4)10-13-8-6-5-7-9-13/h5-9,11-12,14H,10H2,1-4H3. The van der Waals surface area contributed by atoms with E-state index in [0.717, 1.165) is 5.56 Å². The monoisotopic (exact) mass is 246 g/mol. The van der Waals surface area contributed by atoms with Gasteiger partial charge in [0.1, 0.15) is 11.6 Å². The summed E-state index contributed by atoms with van der Waals surface area (Å²) in [6.45, 7) is 7.42. The van der Waals surface area contributed by atoms with Gasteiger partial charge < -0.3 is 0 Å². The highest BCUT2D eigenvalue weighted by molar-refractivity contribution is 6.04.